The van der Waals surface area contributed by atoms with Gasteiger partial charge >= 0.3 is 5.97 Å². The van der Waals surface area contributed by atoms with E-state index in [9.17, 15) is 14.7 Å². The average molecular weight is 356 g/mol. The SMILES string of the molecule is CCCCCCCCCCCCCCCCC(C(=O)O)N(C)C(C)=O. The van der Waals surface area contributed by atoms with E-state index in [0.717, 1.165) is 12.8 Å². The van der Waals surface area contributed by atoms with Gasteiger partial charge in [-0.25, -0.2) is 4.79 Å². The number of carboxylic acid groups (broad SMARTS) is 1. The molecule has 0 bridgehead atoms. The number of carbonyl (C=O) groups excluding carboxylic acids is 1. The summed E-state index contributed by atoms with van der Waals surface area (Å²) in [5.74, 6) is -1.08. The van der Waals surface area contributed by atoms with Crippen molar-refractivity contribution in [3.05, 3.63) is 0 Å². The lowest BCUT2D eigenvalue weighted by molar-refractivity contribution is -0.148. The maximum Gasteiger partial charge on any atom is 0.326 e. The van der Waals surface area contributed by atoms with Crippen LogP contribution in [-0.4, -0.2) is 35.0 Å². The van der Waals surface area contributed by atoms with Crippen molar-refractivity contribution in [2.45, 2.75) is 116 Å². The molecule has 0 fully saturated rings. The van der Waals surface area contributed by atoms with E-state index in [0.29, 0.717) is 6.42 Å². The van der Waals surface area contributed by atoms with Gasteiger partial charge < -0.3 is 10.0 Å². The number of rotatable bonds is 17. The molecule has 4 nitrogen and oxygen atoms in total. The van der Waals surface area contributed by atoms with Crippen molar-refractivity contribution in [2.75, 3.05) is 7.05 Å². The number of hydrogen-bond donors (Lipinski definition) is 1. The molecule has 0 aromatic rings. The van der Waals surface area contributed by atoms with Gasteiger partial charge in [0.1, 0.15) is 6.04 Å². The van der Waals surface area contributed by atoms with Crippen LogP contribution in [0.3, 0.4) is 0 Å². The van der Waals surface area contributed by atoms with Gasteiger partial charge in [0.25, 0.3) is 0 Å². The second kappa shape index (κ2) is 16.4. The molecule has 0 heterocycles. The van der Waals surface area contributed by atoms with Crippen LogP contribution in [0.15, 0.2) is 0 Å². The topological polar surface area (TPSA) is 57.6 Å². The van der Waals surface area contributed by atoms with Crippen LogP contribution < -0.4 is 0 Å². The first-order chi connectivity index (χ1) is 12.0. The lowest BCUT2D eigenvalue weighted by Crippen LogP contribution is -2.41. The van der Waals surface area contributed by atoms with E-state index < -0.39 is 12.0 Å². The van der Waals surface area contributed by atoms with Crippen molar-refractivity contribution in [1.29, 1.82) is 0 Å². The van der Waals surface area contributed by atoms with Gasteiger partial charge in [-0.1, -0.05) is 96.8 Å². The quantitative estimate of drug-likeness (QED) is 0.336. The van der Waals surface area contributed by atoms with Crippen LogP contribution in [0.2, 0.25) is 0 Å². The van der Waals surface area contributed by atoms with Crippen molar-refractivity contribution >= 4 is 11.9 Å². The predicted molar refractivity (Wildman–Crippen MR) is 105 cm³/mol. The van der Waals surface area contributed by atoms with Gasteiger partial charge in [-0.15, -0.1) is 0 Å². The molecule has 25 heavy (non-hydrogen) atoms. The molecule has 0 aliphatic rings. The molecular weight excluding hydrogens is 314 g/mol. The fourth-order valence-electron chi connectivity index (χ4n) is 3.23. The number of amides is 1. The largest absolute Gasteiger partial charge is 0.480 e. The summed E-state index contributed by atoms with van der Waals surface area (Å²) in [5, 5.41) is 9.20. The summed E-state index contributed by atoms with van der Waals surface area (Å²) in [5.41, 5.74) is 0. The lowest BCUT2D eigenvalue weighted by atomic mass is 10.0. The van der Waals surface area contributed by atoms with Gasteiger partial charge in [0.15, 0.2) is 0 Å². The van der Waals surface area contributed by atoms with Crippen molar-refractivity contribution in [1.82, 2.24) is 4.90 Å². The molecule has 0 aromatic heterocycles. The molecule has 0 saturated carbocycles. The van der Waals surface area contributed by atoms with E-state index >= 15 is 0 Å². The number of unbranched alkanes of at least 4 members (excludes halogenated alkanes) is 13. The highest BCUT2D eigenvalue weighted by Gasteiger charge is 2.23. The molecule has 1 atom stereocenters. The summed E-state index contributed by atoms with van der Waals surface area (Å²) in [6, 6.07) is -0.671. The fraction of sp³-hybridized carbons (Fsp3) is 0.905. The molecule has 1 amide bonds. The second-order valence-electron chi connectivity index (χ2n) is 7.37. The van der Waals surface area contributed by atoms with E-state index in [2.05, 4.69) is 6.92 Å². The van der Waals surface area contributed by atoms with Crippen molar-refractivity contribution < 1.29 is 14.7 Å². The minimum atomic E-state index is -0.896. The number of hydrogen-bond acceptors (Lipinski definition) is 2. The monoisotopic (exact) mass is 355 g/mol. The number of carboxylic acids is 1. The van der Waals surface area contributed by atoms with Crippen LogP contribution in [0.25, 0.3) is 0 Å². The standard InChI is InChI=1S/C21H41NO3/c1-4-5-6-7-8-9-10-11-12-13-14-15-16-17-18-20(21(24)25)22(3)19(2)23/h20H,4-18H2,1-3H3,(H,24,25). The lowest BCUT2D eigenvalue weighted by Gasteiger charge is -2.23. The van der Waals surface area contributed by atoms with Gasteiger partial charge in [0, 0.05) is 14.0 Å². The maximum absolute atomic E-state index is 11.3. The highest BCUT2D eigenvalue weighted by Crippen LogP contribution is 2.15. The summed E-state index contributed by atoms with van der Waals surface area (Å²) in [4.78, 5) is 23.9. The van der Waals surface area contributed by atoms with E-state index in [1.54, 1.807) is 7.05 Å². The van der Waals surface area contributed by atoms with Crippen LogP contribution >= 0.6 is 0 Å². The van der Waals surface area contributed by atoms with Gasteiger partial charge in [-0.3, -0.25) is 4.79 Å². The van der Waals surface area contributed by atoms with Crippen LogP contribution in [0.5, 0.6) is 0 Å². The molecule has 0 radical (unpaired) electrons. The zero-order valence-electron chi connectivity index (χ0n) is 16.9. The van der Waals surface area contributed by atoms with Gasteiger partial charge in [0.05, 0.1) is 0 Å². The Morgan fingerprint density at radius 1 is 0.760 bits per heavy atom. The van der Waals surface area contributed by atoms with E-state index in [-0.39, 0.29) is 5.91 Å². The Morgan fingerprint density at radius 2 is 1.12 bits per heavy atom. The first kappa shape index (κ1) is 23.9. The highest BCUT2D eigenvalue weighted by molar-refractivity contribution is 5.81. The number of carbonyl (C=O) groups is 2. The summed E-state index contributed by atoms with van der Waals surface area (Å²) in [7, 11) is 1.57. The third kappa shape index (κ3) is 13.9. The predicted octanol–water partition coefficient (Wildman–Crippen LogP) is 5.79. The molecule has 0 aliphatic carbocycles. The van der Waals surface area contributed by atoms with Crippen molar-refractivity contribution in [3.8, 4) is 0 Å². The Kier molecular flexibility index (Phi) is 15.7. The molecule has 0 aromatic carbocycles. The van der Waals surface area contributed by atoms with Crippen LogP contribution in [-0.2, 0) is 9.59 Å². The molecule has 0 spiro atoms. The third-order valence-corrected chi connectivity index (χ3v) is 5.08. The highest BCUT2D eigenvalue weighted by atomic mass is 16.4. The molecule has 0 aliphatic heterocycles. The summed E-state index contributed by atoms with van der Waals surface area (Å²) < 4.78 is 0. The Morgan fingerprint density at radius 3 is 1.44 bits per heavy atom. The summed E-state index contributed by atoms with van der Waals surface area (Å²) in [6.45, 7) is 3.68. The van der Waals surface area contributed by atoms with Gasteiger partial charge in [0.2, 0.25) is 5.91 Å². The first-order valence-electron chi connectivity index (χ1n) is 10.5. The molecule has 0 saturated heterocycles. The Hall–Kier alpha value is -1.06. The normalized spacial score (nSPS) is 12.1. The number of nitrogens with zero attached hydrogens (tertiary/aromatic N) is 1. The maximum atomic E-state index is 11.3. The van der Waals surface area contributed by atoms with E-state index in [1.165, 1.54) is 88.9 Å². The van der Waals surface area contributed by atoms with Gasteiger partial charge in [-0.05, 0) is 6.42 Å². The van der Waals surface area contributed by atoms with Crippen LogP contribution in [0, 0.1) is 0 Å². The Balaban J connectivity index is 3.43. The Bertz CT molecular complexity index is 344. The Labute approximate surface area is 155 Å². The molecule has 148 valence electrons. The smallest absolute Gasteiger partial charge is 0.326 e. The molecular formula is C21H41NO3. The van der Waals surface area contributed by atoms with E-state index in [1.807, 2.05) is 0 Å². The zero-order valence-corrected chi connectivity index (χ0v) is 16.9. The van der Waals surface area contributed by atoms with Gasteiger partial charge in [-0.2, -0.15) is 0 Å². The van der Waals surface area contributed by atoms with E-state index in [4.69, 9.17) is 0 Å². The molecule has 4 heteroatoms. The van der Waals surface area contributed by atoms with Crippen molar-refractivity contribution in [3.63, 3.8) is 0 Å². The minimum Gasteiger partial charge on any atom is -0.480 e. The average Bonchev–Trinajstić information content (AvgIpc) is 2.57. The molecule has 1 N–H and O–H groups in total. The summed E-state index contributed by atoms with van der Waals surface area (Å²) >= 11 is 0. The summed E-state index contributed by atoms with van der Waals surface area (Å²) in [6.07, 6.45) is 18.6. The second-order valence-corrected chi connectivity index (χ2v) is 7.37. The third-order valence-electron chi connectivity index (χ3n) is 5.08. The molecule has 1 unspecified atom stereocenters. The number of aliphatic carboxylic acids is 1. The minimum absolute atomic E-state index is 0.183. The number of likely N-dealkylation sites (N-methyl/N-ethyl adjacent to an activating group) is 1. The van der Waals surface area contributed by atoms with Crippen LogP contribution in [0.1, 0.15) is 110 Å². The van der Waals surface area contributed by atoms with Crippen LogP contribution in [0.4, 0.5) is 0 Å². The first-order valence-corrected chi connectivity index (χ1v) is 10.5. The van der Waals surface area contributed by atoms with Crippen molar-refractivity contribution in [2.24, 2.45) is 0 Å². The fourth-order valence-corrected chi connectivity index (χ4v) is 3.23. The zero-order chi connectivity index (χ0) is 18.9. The molecule has 0 rings (SSSR count).